The average molecular weight is 276 g/mol. The van der Waals surface area contributed by atoms with Crippen LogP contribution in [0, 0.1) is 11.8 Å². The first kappa shape index (κ1) is 15.1. The van der Waals surface area contributed by atoms with Crippen LogP contribution in [-0.2, 0) is 16.1 Å². The maximum absolute atomic E-state index is 10.1. The Bertz CT molecular complexity index is 441. The van der Waals surface area contributed by atoms with Crippen molar-refractivity contribution in [3.05, 3.63) is 47.7 Å². The van der Waals surface area contributed by atoms with Crippen molar-refractivity contribution in [2.45, 2.75) is 39.6 Å². The third kappa shape index (κ3) is 3.62. The van der Waals surface area contributed by atoms with Gasteiger partial charge in [0.2, 0.25) is 0 Å². The second-order valence-electron chi connectivity index (χ2n) is 5.74. The van der Waals surface area contributed by atoms with E-state index in [-0.39, 0.29) is 17.9 Å². The summed E-state index contributed by atoms with van der Waals surface area (Å²) in [4.78, 5) is 0. The summed E-state index contributed by atoms with van der Waals surface area (Å²) in [6.45, 7) is 7.27. The lowest BCUT2D eigenvalue weighted by Crippen LogP contribution is -2.40. The number of benzene rings is 1. The van der Waals surface area contributed by atoms with Crippen LogP contribution in [-0.4, -0.2) is 23.9 Å². The van der Waals surface area contributed by atoms with E-state index in [9.17, 15) is 5.11 Å². The van der Waals surface area contributed by atoms with E-state index in [4.69, 9.17) is 9.47 Å². The first-order chi connectivity index (χ1) is 9.59. The molecule has 20 heavy (non-hydrogen) atoms. The molecule has 1 aliphatic rings. The molecule has 2 rings (SSSR count). The van der Waals surface area contributed by atoms with Gasteiger partial charge >= 0.3 is 0 Å². The largest absolute Gasteiger partial charge is 0.497 e. The Morgan fingerprint density at radius 3 is 2.70 bits per heavy atom. The van der Waals surface area contributed by atoms with Gasteiger partial charge in [0, 0.05) is 11.8 Å². The first-order valence-corrected chi connectivity index (χ1v) is 7.21. The molecule has 3 nitrogen and oxygen atoms in total. The standard InChI is InChI=1S/C17H24O3/c1-12-10-20-17(14(3)16(12)18)13(2)9-19-11-15-7-5-4-6-8-15/h4-8,10,13-14,16-18H,9,11H2,1-3H3/t13-,14-,16?,17-/m0/s1. The van der Waals surface area contributed by atoms with Crippen molar-refractivity contribution < 1.29 is 14.6 Å². The SMILES string of the molecule is CC1=CO[C@@H]([C@@H](C)COCc2ccccc2)[C@@H](C)C1O. The summed E-state index contributed by atoms with van der Waals surface area (Å²) in [7, 11) is 0. The molecule has 1 aromatic rings. The summed E-state index contributed by atoms with van der Waals surface area (Å²) in [5.74, 6) is 0.336. The molecule has 1 heterocycles. The first-order valence-electron chi connectivity index (χ1n) is 7.21. The van der Waals surface area contributed by atoms with E-state index < -0.39 is 6.10 Å². The number of ether oxygens (including phenoxy) is 2. The molecule has 1 unspecified atom stereocenters. The minimum atomic E-state index is -0.412. The van der Waals surface area contributed by atoms with Crippen LogP contribution in [0.1, 0.15) is 26.3 Å². The zero-order valence-electron chi connectivity index (χ0n) is 12.5. The highest BCUT2D eigenvalue weighted by atomic mass is 16.5. The summed E-state index contributed by atoms with van der Waals surface area (Å²) in [6.07, 6.45) is 1.28. The van der Waals surface area contributed by atoms with Crippen LogP contribution in [0.5, 0.6) is 0 Å². The Labute approximate surface area is 121 Å². The fourth-order valence-electron chi connectivity index (χ4n) is 2.66. The molecule has 1 aromatic carbocycles. The zero-order chi connectivity index (χ0) is 14.5. The molecule has 0 radical (unpaired) electrons. The molecule has 0 aromatic heterocycles. The van der Waals surface area contributed by atoms with Gasteiger partial charge in [-0.3, -0.25) is 0 Å². The minimum Gasteiger partial charge on any atom is -0.497 e. The molecule has 0 bridgehead atoms. The quantitative estimate of drug-likeness (QED) is 0.898. The topological polar surface area (TPSA) is 38.7 Å². The molecule has 3 heteroatoms. The summed E-state index contributed by atoms with van der Waals surface area (Å²) >= 11 is 0. The van der Waals surface area contributed by atoms with E-state index in [0.717, 1.165) is 5.57 Å². The van der Waals surface area contributed by atoms with Crippen LogP contribution in [0.4, 0.5) is 0 Å². The normalized spacial score (nSPS) is 27.6. The van der Waals surface area contributed by atoms with Gasteiger partial charge in [-0.1, -0.05) is 44.2 Å². The van der Waals surface area contributed by atoms with E-state index >= 15 is 0 Å². The van der Waals surface area contributed by atoms with Crippen LogP contribution in [0.3, 0.4) is 0 Å². The molecule has 0 saturated carbocycles. The van der Waals surface area contributed by atoms with Gasteiger partial charge in [0.25, 0.3) is 0 Å². The van der Waals surface area contributed by atoms with Crippen LogP contribution < -0.4 is 0 Å². The molecule has 0 amide bonds. The third-order valence-corrected chi connectivity index (χ3v) is 3.95. The van der Waals surface area contributed by atoms with Crippen LogP contribution >= 0.6 is 0 Å². The highest BCUT2D eigenvalue weighted by Crippen LogP contribution is 2.28. The van der Waals surface area contributed by atoms with Crippen molar-refractivity contribution in [3.63, 3.8) is 0 Å². The number of hydrogen-bond donors (Lipinski definition) is 1. The molecule has 110 valence electrons. The smallest absolute Gasteiger partial charge is 0.108 e. The van der Waals surface area contributed by atoms with Gasteiger partial charge in [0.05, 0.1) is 25.6 Å². The lowest BCUT2D eigenvalue weighted by Gasteiger charge is -2.35. The number of rotatable bonds is 5. The fraction of sp³-hybridized carbons (Fsp3) is 0.529. The summed E-state index contributed by atoms with van der Waals surface area (Å²) < 4.78 is 11.5. The van der Waals surface area contributed by atoms with Gasteiger partial charge in [0.1, 0.15) is 6.10 Å². The molecule has 1 N–H and O–H groups in total. The molecule has 1 aliphatic heterocycles. The van der Waals surface area contributed by atoms with Crippen molar-refractivity contribution >= 4 is 0 Å². The van der Waals surface area contributed by atoms with Crippen LogP contribution in [0.25, 0.3) is 0 Å². The van der Waals surface area contributed by atoms with Gasteiger partial charge in [-0.25, -0.2) is 0 Å². The zero-order valence-corrected chi connectivity index (χ0v) is 12.5. The summed E-state index contributed by atoms with van der Waals surface area (Å²) in [6, 6.07) is 10.1. The second kappa shape index (κ2) is 6.91. The van der Waals surface area contributed by atoms with E-state index in [0.29, 0.717) is 13.2 Å². The van der Waals surface area contributed by atoms with Crippen LogP contribution in [0.2, 0.25) is 0 Å². The van der Waals surface area contributed by atoms with Gasteiger partial charge in [-0.05, 0) is 18.1 Å². The predicted octanol–water partition coefficient (Wildman–Crippen LogP) is 3.14. The van der Waals surface area contributed by atoms with Crippen molar-refractivity contribution in [1.29, 1.82) is 0 Å². The average Bonchev–Trinajstić information content (AvgIpc) is 2.46. The van der Waals surface area contributed by atoms with Crippen molar-refractivity contribution in [2.24, 2.45) is 11.8 Å². The Morgan fingerprint density at radius 1 is 1.30 bits per heavy atom. The molecule has 0 saturated heterocycles. The van der Waals surface area contributed by atoms with Gasteiger partial charge < -0.3 is 14.6 Å². The monoisotopic (exact) mass is 276 g/mol. The van der Waals surface area contributed by atoms with Gasteiger partial charge in [-0.15, -0.1) is 0 Å². The molecule has 4 atom stereocenters. The van der Waals surface area contributed by atoms with E-state index in [1.54, 1.807) is 6.26 Å². The Morgan fingerprint density at radius 2 is 2.00 bits per heavy atom. The van der Waals surface area contributed by atoms with Crippen molar-refractivity contribution in [3.8, 4) is 0 Å². The Balaban J connectivity index is 1.82. The number of aliphatic hydroxyl groups is 1. The van der Waals surface area contributed by atoms with E-state index in [1.165, 1.54) is 5.56 Å². The van der Waals surface area contributed by atoms with Crippen molar-refractivity contribution in [1.82, 2.24) is 0 Å². The van der Waals surface area contributed by atoms with E-state index in [2.05, 4.69) is 19.1 Å². The van der Waals surface area contributed by atoms with E-state index in [1.807, 2.05) is 32.0 Å². The number of aliphatic hydroxyl groups excluding tert-OH is 1. The number of hydrogen-bond acceptors (Lipinski definition) is 3. The predicted molar refractivity (Wildman–Crippen MR) is 79.1 cm³/mol. The molecule has 0 aliphatic carbocycles. The Kier molecular flexibility index (Phi) is 5.21. The molecule has 0 fully saturated rings. The molecular weight excluding hydrogens is 252 g/mol. The Hall–Kier alpha value is -1.32. The van der Waals surface area contributed by atoms with Gasteiger partial charge in [-0.2, -0.15) is 0 Å². The highest BCUT2D eigenvalue weighted by Gasteiger charge is 2.33. The fourth-order valence-corrected chi connectivity index (χ4v) is 2.66. The maximum atomic E-state index is 10.1. The maximum Gasteiger partial charge on any atom is 0.108 e. The second-order valence-corrected chi connectivity index (χ2v) is 5.74. The molecule has 0 spiro atoms. The third-order valence-electron chi connectivity index (χ3n) is 3.95. The van der Waals surface area contributed by atoms with Gasteiger partial charge in [0.15, 0.2) is 0 Å². The lowest BCUT2D eigenvalue weighted by molar-refractivity contribution is -0.0495. The molecular formula is C17H24O3. The minimum absolute atomic E-state index is 0.00414. The van der Waals surface area contributed by atoms with Crippen LogP contribution in [0.15, 0.2) is 42.2 Å². The highest BCUT2D eigenvalue weighted by molar-refractivity contribution is 5.13. The lowest BCUT2D eigenvalue weighted by atomic mass is 9.85. The summed E-state index contributed by atoms with van der Waals surface area (Å²) in [5, 5.41) is 10.1. The van der Waals surface area contributed by atoms with Crippen molar-refractivity contribution in [2.75, 3.05) is 6.61 Å². The summed E-state index contributed by atoms with van der Waals surface area (Å²) in [5.41, 5.74) is 2.07.